The van der Waals surface area contributed by atoms with Gasteiger partial charge < -0.3 is 20.4 Å². The Kier molecular flexibility index (Phi) is 13.8. The monoisotopic (exact) mass is 740 g/mol. The first-order valence-electron chi connectivity index (χ1n) is 16.5. The van der Waals surface area contributed by atoms with Crippen LogP contribution >= 0.6 is 0 Å². The molecule has 1 fully saturated rings. The van der Waals surface area contributed by atoms with Crippen LogP contribution in [0.2, 0.25) is 0 Å². The zero-order valence-corrected chi connectivity index (χ0v) is 30.2. The molecule has 3 aromatic carbocycles. The van der Waals surface area contributed by atoms with E-state index >= 15 is 0 Å². The Morgan fingerprint density at radius 3 is 1.88 bits per heavy atom. The predicted octanol–water partition coefficient (Wildman–Crippen LogP) is 0.873. The van der Waals surface area contributed by atoms with E-state index in [-0.39, 0.29) is 60.6 Å². The number of amides is 4. The Balaban J connectivity index is 1.65. The zero-order valence-electron chi connectivity index (χ0n) is 28.5. The molecule has 51 heavy (non-hydrogen) atoms. The van der Waals surface area contributed by atoms with Crippen LogP contribution in [0.4, 0.5) is 0 Å². The van der Waals surface area contributed by atoms with Gasteiger partial charge in [-0.15, -0.1) is 0 Å². The fraction of sp³-hybridized carbons (Fsp3) is 0.371. The van der Waals surface area contributed by atoms with Gasteiger partial charge in [-0.3, -0.25) is 19.2 Å². The Bertz CT molecular complexity index is 1860. The average molecular weight is 741 g/mol. The van der Waals surface area contributed by atoms with Crippen molar-refractivity contribution in [3.63, 3.8) is 0 Å². The Labute approximate surface area is 299 Å². The molecule has 0 spiro atoms. The average Bonchev–Trinajstić information content (AvgIpc) is 3.10. The number of hydrogen-bond donors (Lipinski definition) is 4. The molecule has 4 N–H and O–H groups in total. The Hall–Kier alpha value is -4.64. The first-order valence-corrected chi connectivity index (χ1v) is 19.5. The molecule has 1 saturated heterocycles. The van der Waals surface area contributed by atoms with Gasteiger partial charge in [-0.1, -0.05) is 80.6 Å². The van der Waals surface area contributed by atoms with Crippen LogP contribution in [-0.2, 0) is 45.6 Å². The maximum atomic E-state index is 14.3. The van der Waals surface area contributed by atoms with E-state index in [1.54, 1.807) is 66.7 Å². The predicted molar refractivity (Wildman–Crippen MR) is 190 cm³/mol. The molecule has 0 radical (unpaired) electrons. The smallest absolute Gasteiger partial charge is 0.245 e. The van der Waals surface area contributed by atoms with Crippen molar-refractivity contribution in [3.8, 4) is 0 Å². The van der Waals surface area contributed by atoms with Gasteiger partial charge in [0.05, 0.1) is 16.3 Å². The summed E-state index contributed by atoms with van der Waals surface area (Å²) >= 11 is 0. The van der Waals surface area contributed by atoms with Crippen LogP contribution in [0.3, 0.4) is 0 Å². The summed E-state index contributed by atoms with van der Waals surface area (Å²) in [4.78, 5) is 57.4. The molecule has 0 unspecified atom stereocenters. The van der Waals surface area contributed by atoms with Crippen molar-refractivity contribution in [3.05, 3.63) is 96.6 Å². The molecule has 16 heteroatoms. The van der Waals surface area contributed by atoms with Gasteiger partial charge in [-0.05, 0) is 35.7 Å². The van der Waals surface area contributed by atoms with Crippen LogP contribution in [0.5, 0.6) is 0 Å². The van der Waals surface area contributed by atoms with Gasteiger partial charge in [0.15, 0.2) is 0 Å². The van der Waals surface area contributed by atoms with Crippen molar-refractivity contribution in [2.75, 3.05) is 39.3 Å². The Morgan fingerprint density at radius 1 is 0.765 bits per heavy atom. The summed E-state index contributed by atoms with van der Waals surface area (Å²) in [7, 11) is -8.00. The highest BCUT2D eigenvalue weighted by atomic mass is 32.2. The highest BCUT2D eigenvalue weighted by Crippen LogP contribution is 2.12. The molecular weight excluding hydrogens is 697 g/mol. The van der Waals surface area contributed by atoms with E-state index < -0.39 is 62.9 Å². The highest BCUT2D eigenvalue weighted by Gasteiger charge is 2.33. The molecule has 1 aliphatic heterocycles. The maximum Gasteiger partial charge on any atom is 0.245 e. The summed E-state index contributed by atoms with van der Waals surface area (Å²) in [5.41, 5.74) is 0.701. The van der Waals surface area contributed by atoms with E-state index in [4.69, 9.17) is 0 Å². The van der Waals surface area contributed by atoms with Crippen LogP contribution in [-0.4, -0.2) is 102 Å². The van der Waals surface area contributed by atoms with Crippen LogP contribution in [0.15, 0.2) is 101 Å². The third-order valence-electron chi connectivity index (χ3n) is 8.03. The molecule has 4 amide bonds. The quantitative estimate of drug-likeness (QED) is 0.199. The minimum atomic E-state index is -4.09. The van der Waals surface area contributed by atoms with Crippen molar-refractivity contribution < 1.29 is 36.0 Å². The highest BCUT2D eigenvalue weighted by molar-refractivity contribution is 7.89. The lowest BCUT2D eigenvalue weighted by atomic mass is 10.0. The lowest BCUT2D eigenvalue weighted by Gasteiger charge is -2.33. The third kappa shape index (κ3) is 11.7. The van der Waals surface area contributed by atoms with Crippen molar-refractivity contribution in [1.82, 2.24) is 29.9 Å². The molecule has 274 valence electrons. The minimum absolute atomic E-state index is 0.0318. The molecule has 3 aromatic rings. The van der Waals surface area contributed by atoms with E-state index in [0.29, 0.717) is 5.56 Å². The molecule has 0 bridgehead atoms. The summed E-state index contributed by atoms with van der Waals surface area (Å²) in [6, 6.07) is 21.4. The lowest BCUT2D eigenvalue weighted by Crippen LogP contribution is -2.60. The minimum Gasteiger partial charge on any atom is -0.342 e. The number of carbonyl (C=O) groups is 4. The van der Waals surface area contributed by atoms with E-state index in [1.807, 2.05) is 13.8 Å². The summed E-state index contributed by atoms with van der Waals surface area (Å²) < 4.78 is 56.8. The summed E-state index contributed by atoms with van der Waals surface area (Å²) in [6.07, 6.45) is 0.138. The maximum absolute atomic E-state index is 14.3. The van der Waals surface area contributed by atoms with E-state index in [1.165, 1.54) is 34.1 Å². The molecule has 1 heterocycles. The number of nitrogens with one attached hydrogen (secondary N) is 4. The Morgan fingerprint density at radius 2 is 1.31 bits per heavy atom. The molecule has 0 aromatic heterocycles. The largest absolute Gasteiger partial charge is 0.342 e. The van der Waals surface area contributed by atoms with E-state index in [0.717, 1.165) is 0 Å². The molecule has 2 atom stereocenters. The lowest BCUT2D eigenvalue weighted by molar-refractivity contribution is -0.141. The second-order valence-corrected chi connectivity index (χ2v) is 16.0. The summed E-state index contributed by atoms with van der Waals surface area (Å²) in [6.45, 7) is 2.25. The van der Waals surface area contributed by atoms with Crippen LogP contribution in [0.1, 0.15) is 25.8 Å². The van der Waals surface area contributed by atoms with Crippen molar-refractivity contribution in [2.45, 2.75) is 48.6 Å². The number of hydrogen-bond acceptors (Lipinski definition) is 8. The second-order valence-electron chi connectivity index (χ2n) is 12.5. The van der Waals surface area contributed by atoms with Gasteiger partial charge >= 0.3 is 0 Å². The topological polar surface area (TPSA) is 191 Å². The number of nitrogens with zero attached hydrogens (tertiary/aromatic N) is 2. The van der Waals surface area contributed by atoms with Gasteiger partial charge in [-0.25, -0.2) is 26.3 Å². The fourth-order valence-corrected chi connectivity index (χ4v) is 7.49. The second kappa shape index (κ2) is 18.0. The first-order chi connectivity index (χ1) is 24.2. The number of rotatable bonds is 13. The van der Waals surface area contributed by atoms with Crippen LogP contribution in [0.25, 0.3) is 0 Å². The molecule has 4 rings (SSSR count). The van der Waals surface area contributed by atoms with E-state index in [2.05, 4.69) is 20.1 Å². The summed E-state index contributed by atoms with van der Waals surface area (Å²) in [5, 5.41) is 5.25. The van der Waals surface area contributed by atoms with Gasteiger partial charge in [-0.2, -0.15) is 0 Å². The van der Waals surface area contributed by atoms with Gasteiger partial charge in [0.1, 0.15) is 12.1 Å². The standard InChI is InChI=1S/C35H44N6O8S2/c1-26(2)22-33(43)41-21-20-40(19-18-36-50(46,47)28-14-8-4-9-15-28)35(45)30(23-27-12-6-3-7-13-27)39-34(44)31(38-32(42)25-41)24-37-51(48,49)29-16-10-5-11-17-29/h3-17,26,30-31,36-37H,18-25H2,1-2H3,(H,38,42)(H,39,44)/t30-,31-/m1/s1. The first kappa shape index (κ1) is 39.2. The van der Waals surface area contributed by atoms with E-state index in [9.17, 15) is 36.0 Å². The van der Waals surface area contributed by atoms with Crippen LogP contribution < -0.4 is 20.1 Å². The van der Waals surface area contributed by atoms with Crippen molar-refractivity contribution >= 4 is 43.7 Å². The van der Waals surface area contributed by atoms with Gasteiger partial charge in [0.25, 0.3) is 0 Å². The molecule has 0 aliphatic carbocycles. The molecule has 0 saturated carbocycles. The third-order valence-corrected chi connectivity index (χ3v) is 10.9. The zero-order chi connectivity index (χ0) is 37.0. The fourth-order valence-electron chi connectivity index (χ4n) is 5.38. The number of sulfonamides is 2. The normalized spacial score (nSPS) is 18.1. The number of carbonyl (C=O) groups excluding carboxylic acids is 4. The van der Waals surface area contributed by atoms with Crippen LogP contribution in [0, 0.1) is 5.92 Å². The molecule has 1 aliphatic rings. The molecule has 14 nitrogen and oxygen atoms in total. The van der Waals surface area contributed by atoms with Crippen molar-refractivity contribution in [1.29, 1.82) is 0 Å². The molecular formula is C35H44N6O8S2. The van der Waals surface area contributed by atoms with Gasteiger partial charge in [0.2, 0.25) is 43.7 Å². The SMILES string of the molecule is CC(C)CC(=O)N1CCN(CCNS(=O)(=O)c2ccccc2)C(=O)[C@@H](Cc2ccccc2)NC(=O)[C@@H](CNS(=O)(=O)c2ccccc2)NC(=O)C1. The van der Waals surface area contributed by atoms with Gasteiger partial charge in [0, 0.05) is 45.6 Å². The number of benzene rings is 3. The van der Waals surface area contributed by atoms with Crippen molar-refractivity contribution in [2.24, 2.45) is 5.92 Å². The summed E-state index contributed by atoms with van der Waals surface area (Å²) in [5.74, 6) is -2.51.